The summed E-state index contributed by atoms with van der Waals surface area (Å²) in [5.74, 6) is -0.102. The van der Waals surface area contributed by atoms with Gasteiger partial charge in [0.05, 0.1) is 11.6 Å². The monoisotopic (exact) mass is 187 g/mol. The second-order valence-corrected chi connectivity index (χ2v) is 3.04. The Labute approximate surface area is 82.0 Å². The molecule has 0 aromatic heterocycles. The summed E-state index contributed by atoms with van der Waals surface area (Å²) in [4.78, 5) is 21.7. The Kier molecular flexibility index (Phi) is 2.78. The Morgan fingerprint density at radius 3 is 2.57 bits per heavy atom. The van der Waals surface area contributed by atoms with E-state index in [1.54, 1.807) is 13.0 Å². The van der Waals surface area contributed by atoms with Gasteiger partial charge in [0.1, 0.15) is 0 Å². The molecule has 0 aliphatic heterocycles. The van der Waals surface area contributed by atoms with Gasteiger partial charge in [-0.3, -0.25) is 9.59 Å². The molecule has 1 aromatic rings. The second-order valence-electron chi connectivity index (χ2n) is 3.04. The Morgan fingerprint density at radius 1 is 1.50 bits per heavy atom. The van der Waals surface area contributed by atoms with Gasteiger partial charge in [-0.1, -0.05) is 0 Å². The van der Waals surface area contributed by atoms with Crippen LogP contribution in [-0.2, 0) is 0 Å². The first-order valence-electron chi connectivity index (χ1n) is 4.11. The van der Waals surface area contributed by atoms with Gasteiger partial charge in [0, 0.05) is 11.1 Å². The molecule has 70 valence electrons. The molecule has 1 rings (SSSR count). The third-order valence-corrected chi connectivity index (χ3v) is 2.02. The van der Waals surface area contributed by atoms with Gasteiger partial charge in [0.15, 0.2) is 12.1 Å². The van der Waals surface area contributed by atoms with E-state index in [-0.39, 0.29) is 11.3 Å². The van der Waals surface area contributed by atoms with Crippen molar-refractivity contribution in [3.05, 3.63) is 34.4 Å². The summed E-state index contributed by atoms with van der Waals surface area (Å²) in [5, 5.41) is 8.71. The lowest BCUT2D eigenvalue weighted by Gasteiger charge is -2.03. The lowest BCUT2D eigenvalue weighted by atomic mass is 9.98. The first-order chi connectivity index (χ1) is 6.60. The predicted octanol–water partition coefficient (Wildman–Crippen LogP) is 1.88. The summed E-state index contributed by atoms with van der Waals surface area (Å²) in [6.45, 7) is 3.18. The van der Waals surface area contributed by atoms with Crippen LogP contribution in [0.25, 0.3) is 0 Å². The molecular formula is C11H9NO2. The molecule has 0 N–H and O–H groups in total. The molecule has 1 aromatic carbocycles. The van der Waals surface area contributed by atoms with Crippen molar-refractivity contribution in [3.63, 3.8) is 0 Å². The highest BCUT2D eigenvalue weighted by atomic mass is 16.1. The largest absolute Gasteiger partial charge is 0.298 e. The van der Waals surface area contributed by atoms with Crippen molar-refractivity contribution >= 4 is 12.1 Å². The lowest BCUT2D eigenvalue weighted by Crippen LogP contribution is -2.00. The smallest absolute Gasteiger partial charge is 0.160 e. The van der Waals surface area contributed by atoms with Gasteiger partial charge < -0.3 is 0 Å². The van der Waals surface area contributed by atoms with Crippen molar-refractivity contribution in [2.45, 2.75) is 13.8 Å². The molecule has 0 unspecified atom stereocenters. The number of benzene rings is 1. The van der Waals surface area contributed by atoms with Gasteiger partial charge in [-0.25, -0.2) is 0 Å². The number of carbonyl (C=O) groups is 2. The summed E-state index contributed by atoms with van der Waals surface area (Å²) < 4.78 is 0. The van der Waals surface area contributed by atoms with Gasteiger partial charge in [0.25, 0.3) is 0 Å². The van der Waals surface area contributed by atoms with Gasteiger partial charge in [-0.05, 0) is 31.5 Å². The van der Waals surface area contributed by atoms with Crippen molar-refractivity contribution < 1.29 is 9.59 Å². The van der Waals surface area contributed by atoms with Crippen molar-refractivity contribution in [2.24, 2.45) is 0 Å². The van der Waals surface area contributed by atoms with Crippen molar-refractivity contribution in [2.75, 3.05) is 0 Å². The third kappa shape index (κ3) is 1.69. The van der Waals surface area contributed by atoms with Crippen LogP contribution in [-0.4, -0.2) is 12.1 Å². The summed E-state index contributed by atoms with van der Waals surface area (Å²) >= 11 is 0. The average molecular weight is 187 g/mol. The Bertz CT molecular complexity index is 441. The molecule has 0 bridgehead atoms. The first kappa shape index (κ1) is 10.1. The highest BCUT2D eigenvalue weighted by Crippen LogP contribution is 2.15. The minimum absolute atomic E-state index is 0.102. The van der Waals surface area contributed by atoms with Crippen LogP contribution in [0.3, 0.4) is 0 Å². The molecule has 0 atom stereocenters. The molecule has 0 heterocycles. The third-order valence-electron chi connectivity index (χ3n) is 2.02. The fourth-order valence-corrected chi connectivity index (χ4v) is 1.30. The van der Waals surface area contributed by atoms with Crippen molar-refractivity contribution in [1.82, 2.24) is 0 Å². The van der Waals surface area contributed by atoms with Gasteiger partial charge in [-0.2, -0.15) is 5.26 Å². The van der Waals surface area contributed by atoms with E-state index < -0.39 is 0 Å². The zero-order chi connectivity index (χ0) is 10.7. The van der Waals surface area contributed by atoms with Gasteiger partial charge >= 0.3 is 0 Å². The number of carbonyl (C=O) groups excluding carboxylic acids is 2. The molecule has 3 nitrogen and oxygen atoms in total. The lowest BCUT2D eigenvalue weighted by molar-refractivity contribution is 0.101. The van der Waals surface area contributed by atoms with Crippen LogP contribution in [0.5, 0.6) is 0 Å². The zero-order valence-corrected chi connectivity index (χ0v) is 8.00. The fourth-order valence-electron chi connectivity index (χ4n) is 1.30. The van der Waals surface area contributed by atoms with Crippen LogP contribution < -0.4 is 0 Å². The Hall–Kier alpha value is -1.95. The summed E-state index contributed by atoms with van der Waals surface area (Å²) in [6.07, 6.45) is 0.588. The molecule has 3 heteroatoms. The van der Waals surface area contributed by atoms with E-state index in [4.69, 9.17) is 5.26 Å². The second kappa shape index (κ2) is 3.84. The van der Waals surface area contributed by atoms with Crippen LogP contribution in [0.1, 0.15) is 38.8 Å². The first-order valence-corrected chi connectivity index (χ1v) is 4.11. The predicted molar refractivity (Wildman–Crippen MR) is 51.3 cm³/mol. The molecule has 0 amide bonds. The number of hydrogen-bond acceptors (Lipinski definition) is 3. The van der Waals surface area contributed by atoms with Crippen LogP contribution in [0.15, 0.2) is 12.1 Å². The Balaban J connectivity index is 3.47. The van der Waals surface area contributed by atoms with Gasteiger partial charge in [-0.15, -0.1) is 0 Å². The van der Waals surface area contributed by atoms with Crippen LogP contribution in [0.2, 0.25) is 0 Å². The molecule has 14 heavy (non-hydrogen) atoms. The maximum Gasteiger partial charge on any atom is 0.160 e. The zero-order valence-electron chi connectivity index (χ0n) is 8.00. The minimum Gasteiger partial charge on any atom is -0.298 e. The molecule has 0 aliphatic carbocycles. The van der Waals surface area contributed by atoms with Gasteiger partial charge in [0.2, 0.25) is 0 Å². The van der Waals surface area contributed by atoms with Crippen LogP contribution in [0.4, 0.5) is 0 Å². The number of ketones is 1. The number of rotatable bonds is 2. The fraction of sp³-hybridized carbons (Fsp3) is 0.182. The summed E-state index contributed by atoms with van der Waals surface area (Å²) in [6, 6.07) is 4.93. The number of nitrogens with zero attached hydrogens (tertiary/aromatic N) is 1. The topological polar surface area (TPSA) is 57.9 Å². The van der Waals surface area contributed by atoms with Crippen molar-refractivity contribution in [3.8, 4) is 6.07 Å². The molecule has 0 saturated heterocycles. The molecule has 0 fully saturated rings. The van der Waals surface area contributed by atoms with E-state index in [1.807, 2.05) is 6.07 Å². The summed E-state index contributed by atoms with van der Waals surface area (Å²) in [5.41, 5.74) is 1.79. The number of aryl methyl sites for hydroxylation is 1. The minimum atomic E-state index is -0.102. The highest BCUT2D eigenvalue weighted by Gasteiger charge is 2.09. The van der Waals surface area contributed by atoms with E-state index >= 15 is 0 Å². The van der Waals surface area contributed by atoms with E-state index in [1.165, 1.54) is 13.0 Å². The maximum absolute atomic E-state index is 11.1. The SMILES string of the molecule is CC(=O)c1cc(C=O)c(C#N)cc1C. The summed E-state index contributed by atoms with van der Waals surface area (Å²) in [7, 11) is 0. The Morgan fingerprint density at radius 2 is 2.14 bits per heavy atom. The molecule has 0 saturated carbocycles. The van der Waals surface area contributed by atoms with Crippen LogP contribution >= 0.6 is 0 Å². The molecule has 0 aliphatic rings. The van der Waals surface area contributed by atoms with E-state index in [0.29, 0.717) is 17.4 Å². The van der Waals surface area contributed by atoms with E-state index in [9.17, 15) is 9.59 Å². The number of aldehydes is 1. The number of hydrogen-bond donors (Lipinski definition) is 0. The maximum atomic E-state index is 11.1. The quantitative estimate of drug-likeness (QED) is 0.524. The highest BCUT2D eigenvalue weighted by molar-refractivity contribution is 5.97. The van der Waals surface area contributed by atoms with E-state index in [2.05, 4.69) is 0 Å². The normalized spacial score (nSPS) is 9.21. The number of nitriles is 1. The van der Waals surface area contributed by atoms with Crippen molar-refractivity contribution in [1.29, 1.82) is 5.26 Å². The molecular weight excluding hydrogens is 178 g/mol. The molecule has 0 radical (unpaired) electrons. The van der Waals surface area contributed by atoms with E-state index in [0.717, 1.165) is 5.56 Å². The average Bonchev–Trinajstić information content (AvgIpc) is 2.16. The molecule has 0 spiro atoms. The van der Waals surface area contributed by atoms with Crippen LogP contribution in [0, 0.1) is 18.3 Å². The number of Topliss-reactive ketones (excluding diaryl/α,β-unsaturated/α-hetero) is 1. The standard InChI is InChI=1S/C11H9NO2/c1-7-3-9(5-12)10(6-13)4-11(7)8(2)14/h3-4,6H,1-2H3.